The maximum atomic E-state index is 8.81. The molecule has 0 saturated carbocycles. The molecule has 0 aliphatic carbocycles. The van der Waals surface area contributed by atoms with Crippen LogP contribution in [-0.4, -0.2) is 108 Å². The van der Waals surface area contributed by atoms with E-state index in [1.54, 1.807) is 0 Å². The zero-order chi connectivity index (χ0) is 40.1. The molecule has 6 rings (SSSR count). The number of pyridine rings is 3. The predicted molar refractivity (Wildman–Crippen MR) is 242 cm³/mol. The molecule has 0 saturated heterocycles. The van der Waals surface area contributed by atoms with Crippen molar-refractivity contribution < 1.29 is 28.6 Å². The summed E-state index contributed by atoms with van der Waals surface area (Å²) in [5.74, 6) is 2.48. The molecular weight excluding hydrogens is 733 g/mol. The van der Waals surface area contributed by atoms with Gasteiger partial charge in [0.1, 0.15) is 25.5 Å². The van der Waals surface area contributed by atoms with E-state index in [4.69, 9.17) is 28.6 Å². The van der Waals surface area contributed by atoms with E-state index in [1.807, 2.05) is 24.7 Å². The van der Waals surface area contributed by atoms with E-state index in [0.29, 0.717) is 0 Å². The summed E-state index contributed by atoms with van der Waals surface area (Å²) in [6.07, 6.45) is 11.1. The standard InChI is InChI=1S/C13H20N2O.C12H18N2O.C11H16N2O.3C2H4O.4CH4/c1-3-15-8-4-5-9-16-13-12(10-15)11(2)6-7-14-13;1-3-14-7-4-8-15-12-11(9-14)10(2)5-6-13-12;1-3-13-6-7-14-11-10(8-13)9(2)4-5-12-11;3*1-2-3;;;;/h6-7H,3-5,8-10H2,1-2H3;5-6H,3-4,7-9H2,1-2H3;4-5H,3,6-8H2,1-2H3;3*2H,1H3;4*1H4. The van der Waals surface area contributed by atoms with Crippen molar-refractivity contribution in [3.8, 4) is 17.6 Å². The second kappa shape index (κ2) is 37.0. The molecule has 0 aromatic carbocycles. The van der Waals surface area contributed by atoms with Crippen molar-refractivity contribution in [2.45, 2.75) is 131 Å². The molecule has 0 amide bonds. The van der Waals surface area contributed by atoms with Crippen LogP contribution < -0.4 is 14.2 Å². The number of carbonyl (C=O) groups is 3. The third-order valence-corrected chi connectivity index (χ3v) is 8.85. The van der Waals surface area contributed by atoms with Crippen molar-refractivity contribution in [3.63, 3.8) is 0 Å². The SMILES string of the molecule is C.C.C.C.CC=O.CC=O.CC=O.CCN1CCCCOc2nccc(C)c2C1.CCN1CCCOc2nccc(C)c2C1.CCN1CCOc2nccc(C)c2C1. The van der Waals surface area contributed by atoms with Crippen molar-refractivity contribution in [1.82, 2.24) is 29.7 Å². The van der Waals surface area contributed by atoms with Gasteiger partial charge in [-0.3, -0.25) is 14.7 Å². The van der Waals surface area contributed by atoms with Crippen LogP contribution in [0.5, 0.6) is 17.6 Å². The van der Waals surface area contributed by atoms with Gasteiger partial charge in [-0.15, -0.1) is 0 Å². The number of likely N-dealkylation sites (N-methyl/N-ethyl adjacent to an activating group) is 1. The molecule has 0 atom stereocenters. The highest BCUT2D eigenvalue weighted by Crippen LogP contribution is 2.25. The molecule has 0 N–H and O–H groups in total. The minimum atomic E-state index is 0. The fourth-order valence-electron chi connectivity index (χ4n) is 5.69. The van der Waals surface area contributed by atoms with Crippen molar-refractivity contribution >= 4 is 18.9 Å². The van der Waals surface area contributed by atoms with Crippen molar-refractivity contribution in [2.75, 3.05) is 59.1 Å². The number of fused-ring (bicyclic) bond motifs is 3. The van der Waals surface area contributed by atoms with Gasteiger partial charge in [0, 0.05) is 68.0 Å². The molecule has 0 fully saturated rings. The normalized spacial score (nSPS) is 14.2. The van der Waals surface area contributed by atoms with Gasteiger partial charge in [-0.05, 0) is 122 Å². The first-order valence-corrected chi connectivity index (χ1v) is 19.3. The Labute approximate surface area is 354 Å². The minimum Gasteiger partial charge on any atom is -0.477 e. The third-order valence-electron chi connectivity index (χ3n) is 8.85. The lowest BCUT2D eigenvalue weighted by atomic mass is 10.1. The number of rotatable bonds is 3. The van der Waals surface area contributed by atoms with Crippen molar-refractivity contribution in [3.05, 3.63) is 70.2 Å². The van der Waals surface area contributed by atoms with Crippen LogP contribution in [0.4, 0.5) is 0 Å². The first-order valence-electron chi connectivity index (χ1n) is 19.3. The highest BCUT2D eigenvalue weighted by Gasteiger charge is 2.17. The van der Waals surface area contributed by atoms with Crippen LogP contribution >= 0.6 is 0 Å². The maximum Gasteiger partial charge on any atom is 0.218 e. The molecule has 6 heterocycles. The smallest absolute Gasteiger partial charge is 0.218 e. The zero-order valence-electron chi connectivity index (χ0n) is 34.4. The van der Waals surface area contributed by atoms with E-state index in [-0.39, 0.29) is 29.7 Å². The highest BCUT2D eigenvalue weighted by atomic mass is 16.5. The number of carbonyl (C=O) groups excluding carboxylic acids is 3. The van der Waals surface area contributed by atoms with E-state index < -0.39 is 0 Å². The largest absolute Gasteiger partial charge is 0.477 e. The first kappa shape index (κ1) is 60.4. The molecule has 12 nitrogen and oxygen atoms in total. The van der Waals surface area contributed by atoms with Crippen LogP contribution in [0.25, 0.3) is 0 Å². The summed E-state index contributed by atoms with van der Waals surface area (Å²) in [5.41, 5.74) is 7.58. The molecule has 0 unspecified atom stereocenters. The molecule has 332 valence electrons. The van der Waals surface area contributed by atoms with Gasteiger partial charge in [-0.1, -0.05) is 50.5 Å². The summed E-state index contributed by atoms with van der Waals surface area (Å²) in [6, 6.07) is 6.16. The van der Waals surface area contributed by atoms with Crippen molar-refractivity contribution in [2.24, 2.45) is 0 Å². The number of ether oxygens (including phenoxy) is 3. The summed E-state index contributed by atoms with van der Waals surface area (Å²) in [5, 5.41) is 0. The summed E-state index contributed by atoms with van der Waals surface area (Å²) in [4.78, 5) is 46.6. The molecule has 3 aliphatic heterocycles. The zero-order valence-corrected chi connectivity index (χ0v) is 34.4. The number of nitrogens with zero attached hydrogens (tertiary/aromatic N) is 6. The number of hydrogen-bond donors (Lipinski definition) is 0. The molecule has 3 aliphatic rings. The van der Waals surface area contributed by atoms with Crippen LogP contribution in [-0.2, 0) is 34.0 Å². The number of hydrogen-bond acceptors (Lipinski definition) is 12. The Morgan fingerprint density at radius 2 is 0.793 bits per heavy atom. The Balaban J connectivity index is -0.000000331. The topological polar surface area (TPSA) is 127 Å². The molecule has 0 spiro atoms. The lowest BCUT2D eigenvalue weighted by molar-refractivity contribution is -0.106. The quantitative estimate of drug-likeness (QED) is 0.234. The van der Waals surface area contributed by atoms with Crippen molar-refractivity contribution in [1.29, 1.82) is 0 Å². The van der Waals surface area contributed by atoms with Gasteiger partial charge in [0.15, 0.2) is 0 Å². The van der Waals surface area contributed by atoms with Gasteiger partial charge in [-0.2, -0.15) is 0 Å². The molecule has 3 aromatic heterocycles. The monoisotopic (exact) mass is 815 g/mol. The predicted octanol–water partition coefficient (Wildman–Crippen LogP) is 9.14. The number of aromatic nitrogens is 3. The average molecular weight is 815 g/mol. The van der Waals surface area contributed by atoms with E-state index in [1.165, 1.54) is 60.6 Å². The summed E-state index contributed by atoms with van der Waals surface area (Å²) in [6.45, 7) is 29.0. The third kappa shape index (κ3) is 22.6. The summed E-state index contributed by atoms with van der Waals surface area (Å²) in [7, 11) is 0. The lowest BCUT2D eigenvalue weighted by Gasteiger charge is -2.25. The average Bonchev–Trinajstić information content (AvgIpc) is 3.30. The fraction of sp³-hybridized carbons (Fsp3) is 0.609. The molecule has 0 bridgehead atoms. The van der Waals surface area contributed by atoms with Gasteiger partial charge in [-0.25, -0.2) is 15.0 Å². The Hall–Kier alpha value is -4.26. The van der Waals surface area contributed by atoms with Gasteiger partial charge in [0.2, 0.25) is 17.6 Å². The lowest BCUT2D eigenvalue weighted by Crippen LogP contribution is -2.28. The molecule has 58 heavy (non-hydrogen) atoms. The van der Waals surface area contributed by atoms with Crippen LogP contribution in [0.15, 0.2) is 36.8 Å². The second-order valence-electron chi connectivity index (χ2n) is 12.7. The van der Waals surface area contributed by atoms with Crippen LogP contribution in [0.1, 0.15) is 124 Å². The highest BCUT2D eigenvalue weighted by molar-refractivity contribution is 5.45. The molecule has 12 heteroatoms. The van der Waals surface area contributed by atoms with Gasteiger partial charge in [0.05, 0.1) is 13.2 Å². The minimum absolute atomic E-state index is 0. The van der Waals surface area contributed by atoms with Gasteiger partial charge < -0.3 is 28.6 Å². The second-order valence-corrected chi connectivity index (χ2v) is 12.7. The van der Waals surface area contributed by atoms with Gasteiger partial charge in [0.25, 0.3) is 0 Å². The summed E-state index contributed by atoms with van der Waals surface area (Å²) >= 11 is 0. The van der Waals surface area contributed by atoms with Crippen LogP contribution in [0.3, 0.4) is 0 Å². The number of aryl methyl sites for hydroxylation is 3. The Morgan fingerprint density at radius 3 is 1.14 bits per heavy atom. The molecule has 3 aromatic rings. The van der Waals surface area contributed by atoms with E-state index >= 15 is 0 Å². The maximum absolute atomic E-state index is 8.81. The Morgan fingerprint density at radius 1 is 0.500 bits per heavy atom. The molecular formula is C46H82N6O6. The first-order chi connectivity index (χ1) is 26.2. The number of aldehydes is 3. The summed E-state index contributed by atoms with van der Waals surface area (Å²) < 4.78 is 17.0. The van der Waals surface area contributed by atoms with E-state index in [0.717, 1.165) is 128 Å². The van der Waals surface area contributed by atoms with Crippen LogP contribution in [0.2, 0.25) is 0 Å². The van der Waals surface area contributed by atoms with E-state index in [9.17, 15) is 0 Å². The Bertz CT molecular complexity index is 1480. The fourth-order valence-corrected chi connectivity index (χ4v) is 5.69. The van der Waals surface area contributed by atoms with Crippen LogP contribution in [0, 0.1) is 20.8 Å². The molecule has 0 radical (unpaired) electrons. The Kier molecular flexibility index (Phi) is 38.6. The van der Waals surface area contributed by atoms with Gasteiger partial charge >= 0.3 is 0 Å². The van der Waals surface area contributed by atoms with E-state index in [2.05, 4.69) is 83.3 Å².